The summed E-state index contributed by atoms with van der Waals surface area (Å²) < 4.78 is 31.4. The van der Waals surface area contributed by atoms with E-state index in [1.54, 1.807) is 24.0 Å². The second kappa shape index (κ2) is 13.7. The van der Waals surface area contributed by atoms with Crippen LogP contribution in [0, 0.1) is 6.92 Å². The van der Waals surface area contributed by atoms with E-state index >= 15 is 0 Å². The number of benzene rings is 2. The summed E-state index contributed by atoms with van der Waals surface area (Å²) in [6, 6.07) is 11.8. The van der Waals surface area contributed by atoms with E-state index in [4.69, 9.17) is 16.3 Å². The Morgan fingerprint density at radius 3 is 2.41 bits per heavy atom. The molecule has 2 amide bonds. The zero-order valence-electron chi connectivity index (χ0n) is 22.5. The quantitative estimate of drug-likeness (QED) is 0.394. The number of anilines is 1. The van der Waals surface area contributed by atoms with Crippen molar-refractivity contribution in [1.29, 1.82) is 0 Å². The Morgan fingerprint density at radius 2 is 1.84 bits per heavy atom. The van der Waals surface area contributed by atoms with Crippen LogP contribution in [-0.2, 0) is 26.2 Å². The highest BCUT2D eigenvalue weighted by atomic mass is 35.5. The van der Waals surface area contributed by atoms with Crippen molar-refractivity contribution in [3.05, 3.63) is 58.6 Å². The number of methoxy groups -OCH3 is 1. The van der Waals surface area contributed by atoms with Crippen LogP contribution in [0.25, 0.3) is 0 Å². The van der Waals surface area contributed by atoms with E-state index in [0.29, 0.717) is 11.4 Å². The fourth-order valence-corrected chi connectivity index (χ4v) is 5.08. The van der Waals surface area contributed by atoms with Gasteiger partial charge < -0.3 is 15.0 Å². The molecule has 0 bridgehead atoms. The monoisotopic (exact) mass is 551 g/mol. The van der Waals surface area contributed by atoms with Gasteiger partial charge in [-0.2, -0.15) is 0 Å². The van der Waals surface area contributed by atoms with Crippen molar-refractivity contribution in [2.75, 3.05) is 24.2 Å². The smallest absolute Gasteiger partial charge is 0.242 e. The van der Waals surface area contributed by atoms with Crippen LogP contribution in [0.15, 0.2) is 42.5 Å². The molecule has 0 fully saturated rings. The third-order valence-corrected chi connectivity index (χ3v) is 7.67. The number of ether oxygens (including phenoxy) is 1. The van der Waals surface area contributed by atoms with Crippen molar-refractivity contribution < 1.29 is 22.7 Å². The van der Waals surface area contributed by atoms with E-state index in [1.807, 2.05) is 45.0 Å². The number of nitrogens with zero attached hydrogens (tertiary/aromatic N) is 2. The molecule has 0 unspecified atom stereocenters. The number of amides is 2. The molecule has 204 valence electrons. The first-order valence-corrected chi connectivity index (χ1v) is 14.6. The lowest BCUT2D eigenvalue weighted by Gasteiger charge is -2.30. The minimum atomic E-state index is -3.63. The summed E-state index contributed by atoms with van der Waals surface area (Å²) >= 11 is 6.20. The Bertz CT molecular complexity index is 1190. The molecule has 0 spiro atoms. The van der Waals surface area contributed by atoms with Gasteiger partial charge in [0.2, 0.25) is 21.8 Å². The van der Waals surface area contributed by atoms with Crippen molar-refractivity contribution in [2.24, 2.45) is 0 Å². The first-order chi connectivity index (χ1) is 17.4. The molecule has 2 aromatic rings. The van der Waals surface area contributed by atoms with Gasteiger partial charge in [0, 0.05) is 25.6 Å². The van der Waals surface area contributed by atoms with Crippen LogP contribution in [0.5, 0.6) is 5.75 Å². The molecule has 1 N–H and O–H groups in total. The van der Waals surface area contributed by atoms with Gasteiger partial charge in [-0.25, -0.2) is 8.42 Å². The third kappa shape index (κ3) is 8.93. The molecule has 0 radical (unpaired) electrons. The second-order valence-corrected chi connectivity index (χ2v) is 11.6. The third-order valence-electron chi connectivity index (χ3n) is 6.18. The molecule has 10 heteroatoms. The average Bonchev–Trinajstić information content (AvgIpc) is 2.83. The maximum atomic E-state index is 13.4. The molecule has 0 aliphatic rings. The highest BCUT2D eigenvalue weighted by Crippen LogP contribution is 2.30. The predicted octanol–water partition coefficient (Wildman–Crippen LogP) is 4.54. The molecule has 37 heavy (non-hydrogen) atoms. The van der Waals surface area contributed by atoms with Crippen LogP contribution in [-0.4, -0.2) is 57.1 Å². The first-order valence-electron chi connectivity index (χ1n) is 12.3. The molecule has 0 aliphatic carbocycles. The van der Waals surface area contributed by atoms with Crippen LogP contribution in [0.3, 0.4) is 0 Å². The maximum absolute atomic E-state index is 13.4. The summed E-state index contributed by atoms with van der Waals surface area (Å²) in [6.45, 7) is 7.95. The summed E-state index contributed by atoms with van der Waals surface area (Å²) in [6.07, 6.45) is 2.22. The Balaban J connectivity index is 2.20. The van der Waals surface area contributed by atoms with E-state index in [1.165, 1.54) is 17.5 Å². The molecule has 0 saturated carbocycles. The van der Waals surface area contributed by atoms with Gasteiger partial charge in [-0.3, -0.25) is 13.9 Å². The van der Waals surface area contributed by atoms with Crippen molar-refractivity contribution in [3.8, 4) is 5.75 Å². The van der Waals surface area contributed by atoms with Gasteiger partial charge >= 0.3 is 0 Å². The number of hydrogen-bond donors (Lipinski definition) is 1. The number of carbonyl (C=O) groups excluding carboxylic acids is 2. The maximum Gasteiger partial charge on any atom is 0.242 e. The molecule has 0 aliphatic heterocycles. The molecule has 8 nitrogen and oxygen atoms in total. The fraction of sp³-hybridized carbons (Fsp3) is 0.481. The van der Waals surface area contributed by atoms with Gasteiger partial charge in [0.05, 0.1) is 24.1 Å². The van der Waals surface area contributed by atoms with Crippen molar-refractivity contribution in [3.63, 3.8) is 0 Å². The summed E-state index contributed by atoms with van der Waals surface area (Å²) in [4.78, 5) is 27.8. The summed E-state index contributed by atoms with van der Waals surface area (Å²) in [5.74, 6) is -0.0130. The topological polar surface area (TPSA) is 96.0 Å². The fourth-order valence-electron chi connectivity index (χ4n) is 3.87. The van der Waals surface area contributed by atoms with Crippen LogP contribution in [0.1, 0.15) is 51.2 Å². The Labute approximate surface area is 226 Å². The predicted molar refractivity (Wildman–Crippen MR) is 149 cm³/mol. The Morgan fingerprint density at radius 1 is 1.14 bits per heavy atom. The lowest BCUT2D eigenvalue weighted by molar-refractivity contribution is -0.140. The van der Waals surface area contributed by atoms with Crippen LogP contribution in [0.2, 0.25) is 5.02 Å². The Hall–Kier alpha value is -2.78. The highest BCUT2D eigenvalue weighted by molar-refractivity contribution is 7.92. The Kier molecular flexibility index (Phi) is 11.3. The molecular weight excluding hydrogens is 514 g/mol. The van der Waals surface area contributed by atoms with Crippen molar-refractivity contribution in [2.45, 2.75) is 65.6 Å². The summed E-state index contributed by atoms with van der Waals surface area (Å²) in [5.41, 5.74) is 2.37. The van der Waals surface area contributed by atoms with E-state index in [2.05, 4.69) is 5.32 Å². The van der Waals surface area contributed by atoms with Gasteiger partial charge in [-0.1, -0.05) is 48.4 Å². The van der Waals surface area contributed by atoms with Gasteiger partial charge in [0.1, 0.15) is 11.8 Å². The average molecular weight is 552 g/mol. The van der Waals surface area contributed by atoms with Gasteiger partial charge in [0.25, 0.3) is 0 Å². The zero-order valence-corrected chi connectivity index (χ0v) is 24.0. The highest BCUT2D eigenvalue weighted by Gasteiger charge is 2.27. The lowest BCUT2D eigenvalue weighted by Crippen LogP contribution is -2.49. The summed E-state index contributed by atoms with van der Waals surface area (Å²) in [7, 11) is -2.15. The molecule has 2 rings (SSSR count). The number of carbonyl (C=O) groups is 2. The number of nitrogens with one attached hydrogen (secondary N) is 1. The molecule has 0 heterocycles. The summed E-state index contributed by atoms with van der Waals surface area (Å²) in [5, 5.41) is 3.24. The molecular formula is C27H38ClN3O5S. The van der Waals surface area contributed by atoms with Crippen LogP contribution in [0.4, 0.5) is 5.69 Å². The molecule has 2 atom stereocenters. The normalized spacial score (nSPS) is 12.9. The largest absolute Gasteiger partial charge is 0.495 e. The van der Waals surface area contributed by atoms with Crippen LogP contribution >= 0.6 is 11.6 Å². The SMILES string of the molecule is CC[C@@H](C)NC(=O)[C@H](C)N(Cc1cccc(C)c1)C(=O)CCCN(c1ccc(OC)c(Cl)c1)S(C)(=O)=O. The standard InChI is InChI=1S/C27H38ClN3O5S/c1-7-20(3)29-27(33)21(4)30(18-22-11-8-10-19(2)16-22)26(32)12-9-15-31(37(6,34)35)23-13-14-25(36-5)24(28)17-23/h8,10-11,13-14,16-17,20-21H,7,9,12,15,18H2,1-6H3,(H,29,33)/t20-,21+/m1/s1. The number of halogens is 1. The van der Waals surface area contributed by atoms with Crippen LogP contribution < -0.4 is 14.4 Å². The zero-order chi connectivity index (χ0) is 27.8. The first kappa shape index (κ1) is 30.4. The molecule has 2 aromatic carbocycles. The second-order valence-electron chi connectivity index (χ2n) is 9.26. The van der Waals surface area contributed by atoms with E-state index in [0.717, 1.165) is 23.8 Å². The molecule has 0 saturated heterocycles. The van der Waals surface area contributed by atoms with Gasteiger partial charge in [-0.05, 0) is 57.4 Å². The number of hydrogen-bond acceptors (Lipinski definition) is 5. The number of aryl methyl sites for hydroxylation is 1. The molecule has 0 aromatic heterocycles. The minimum absolute atomic E-state index is 0.00879. The minimum Gasteiger partial charge on any atom is -0.495 e. The lowest BCUT2D eigenvalue weighted by atomic mass is 10.1. The van der Waals surface area contributed by atoms with E-state index in [-0.39, 0.29) is 48.8 Å². The van der Waals surface area contributed by atoms with E-state index < -0.39 is 16.1 Å². The van der Waals surface area contributed by atoms with Crippen molar-refractivity contribution in [1.82, 2.24) is 10.2 Å². The van der Waals surface area contributed by atoms with Gasteiger partial charge in [-0.15, -0.1) is 0 Å². The van der Waals surface area contributed by atoms with E-state index in [9.17, 15) is 18.0 Å². The number of rotatable bonds is 13. The van der Waals surface area contributed by atoms with Crippen molar-refractivity contribution >= 4 is 39.1 Å². The van der Waals surface area contributed by atoms with Gasteiger partial charge in [0.15, 0.2) is 0 Å². The number of sulfonamides is 1.